The standard InChI is InChI=1S/C13H21N3O3/c1-8(2)12(9(3)14-4)13-10(16(17)18)6-7-11(15-13)19-5/h6-9,12,14H,1-5H3. The zero-order valence-electron chi connectivity index (χ0n) is 12.0. The molecule has 0 aliphatic carbocycles. The largest absolute Gasteiger partial charge is 0.481 e. The van der Waals surface area contributed by atoms with E-state index in [1.54, 1.807) is 0 Å². The first-order valence-corrected chi connectivity index (χ1v) is 6.29. The summed E-state index contributed by atoms with van der Waals surface area (Å²) in [5.41, 5.74) is 0.516. The molecule has 1 rings (SSSR count). The van der Waals surface area contributed by atoms with Crippen LogP contribution in [0.15, 0.2) is 12.1 Å². The fourth-order valence-electron chi connectivity index (χ4n) is 2.27. The summed E-state index contributed by atoms with van der Waals surface area (Å²) >= 11 is 0. The van der Waals surface area contributed by atoms with Crippen LogP contribution >= 0.6 is 0 Å². The van der Waals surface area contributed by atoms with E-state index in [1.165, 1.54) is 19.2 Å². The van der Waals surface area contributed by atoms with Crippen molar-refractivity contribution < 1.29 is 9.66 Å². The number of nitro groups is 1. The Hall–Kier alpha value is -1.69. The topological polar surface area (TPSA) is 77.3 Å². The molecule has 6 nitrogen and oxygen atoms in total. The smallest absolute Gasteiger partial charge is 0.291 e. The number of hydrogen-bond acceptors (Lipinski definition) is 5. The van der Waals surface area contributed by atoms with Crippen LogP contribution < -0.4 is 10.1 Å². The lowest BCUT2D eigenvalue weighted by Crippen LogP contribution is -2.33. The first kappa shape index (κ1) is 15.4. The minimum Gasteiger partial charge on any atom is -0.481 e. The van der Waals surface area contributed by atoms with Gasteiger partial charge >= 0.3 is 0 Å². The predicted octanol–water partition coefficient (Wildman–Crippen LogP) is 2.35. The Morgan fingerprint density at radius 3 is 2.42 bits per heavy atom. The monoisotopic (exact) mass is 267 g/mol. The number of pyridine rings is 1. The maximum atomic E-state index is 11.2. The molecule has 106 valence electrons. The SMILES string of the molecule is CNC(C)C(c1nc(OC)ccc1[N+](=O)[O-])C(C)C. The molecule has 2 unspecified atom stereocenters. The molecule has 2 atom stereocenters. The Morgan fingerprint density at radius 1 is 1.37 bits per heavy atom. The van der Waals surface area contributed by atoms with Gasteiger partial charge < -0.3 is 10.1 Å². The molecule has 0 amide bonds. The fraction of sp³-hybridized carbons (Fsp3) is 0.615. The van der Waals surface area contributed by atoms with Gasteiger partial charge in [0.15, 0.2) is 0 Å². The van der Waals surface area contributed by atoms with Crippen LogP contribution in [0.25, 0.3) is 0 Å². The molecular formula is C13H21N3O3. The highest BCUT2D eigenvalue weighted by molar-refractivity contribution is 5.41. The quantitative estimate of drug-likeness (QED) is 0.632. The Morgan fingerprint density at radius 2 is 2.00 bits per heavy atom. The highest BCUT2D eigenvalue weighted by atomic mass is 16.6. The van der Waals surface area contributed by atoms with Crippen molar-refractivity contribution >= 4 is 5.69 Å². The number of rotatable bonds is 6. The molecule has 0 aliphatic heterocycles. The van der Waals surface area contributed by atoms with Crippen molar-refractivity contribution in [1.82, 2.24) is 10.3 Å². The van der Waals surface area contributed by atoms with Crippen LogP contribution in [0.3, 0.4) is 0 Å². The summed E-state index contributed by atoms with van der Waals surface area (Å²) in [6.07, 6.45) is 0. The van der Waals surface area contributed by atoms with Crippen molar-refractivity contribution in [2.45, 2.75) is 32.7 Å². The van der Waals surface area contributed by atoms with Crippen molar-refractivity contribution in [1.29, 1.82) is 0 Å². The minimum atomic E-state index is -0.389. The van der Waals surface area contributed by atoms with Crippen LogP contribution in [-0.2, 0) is 0 Å². The van der Waals surface area contributed by atoms with E-state index in [0.717, 1.165) is 0 Å². The molecule has 1 heterocycles. The van der Waals surface area contributed by atoms with Gasteiger partial charge in [-0.1, -0.05) is 13.8 Å². The minimum absolute atomic E-state index is 0.0431. The highest BCUT2D eigenvalue weighted by Crippen LogP contribution is 2.34. The third-order valence-electron chi connectivity index (χ3n) is 3.31. The summed E-state index contributed by atoms with van der Waals surface area (Å²) in [5.74, 6) is 0.566. The van der Waals surface area contributed by atoms with Crippen LogP contribution in [-0.4, -0.2) is 30.1 Å². The summed E-state index contributed by atoms with van der Waals surface area (Å²) in [6, 6.07) is 3.06. The van der Waals surface area contributed by atoms with Gasteiger partial charge in [0.25, 0.3) is 5.69 Å². The van der Waals surface area contributed by atoms with E-state index in [4.69, 9.17) is 4.74 Å². The van der Waals surface area contributed by atoms with E-state index >= 15 is 0 Å². The maximum Gasteiger partial charge on any atom is 0.291 e. The van der Waals surface area contributed by atoms with E-state index in [2.05, 4.69) is 10.3 Å². The van der Waals surface area contributed by atoms with E-state index in [0.29, 0.717) is 11.6 Å². The van der Waals surface area contributed by atoms with Crippen molar-refractivity contribution in [3.63, 3.8) is 0 Å². The zero-order valence-corrected chi connectivity index (χ0v) is 12.0. The normalized spacial score (nSPS) is 14.2. The maximum absolute atomic E-state index is 11.2. The molecule has 0 aromatic carbocycles. The molecule has 6 heteroatoms. The Kier molecular flexibility index (Phi) is 5.23. The molecular weight excluding hydrogens is 246 g/mol. The van der Waals surface area contributed by atoms with Gasteiger partial charge in [0.05, 0.1) is 12.0 Å². The predicted molar refractivity (Wildman–Crippen MR) is 73.5 cm³/mol. The van der Waals surface area contributed by atoms with Crippen molar-refractivity contribution in [2.75, 3.05) is 14.2 Å². The number of aromatic nitrogens is 1. The number of nitrogens with zero attached hydrogens (tertiary/aromatic N) is 2. The third kappa shape index (κ3) is 3.41. The Bertz CT molecular complexity index is 449. The lowest BCUT2D eigenvalue weighted by atomic mass is 9.85. The molecule has 0 saturated carbocycles. The van der Waals surface area contributed by atoms with Crippen LogP contribution in [0, 0.1) is 16.0 Å². The van der Waals surface area contributed by atoms with E-state index in [1.807, 2.05) is 27.8 Å². The number of ether oxygens (including phenoxy) is 1. The van der Waals surface area contributed by atoms with E-state index in [-0.39, 0.29) is 28.5 Å². The molecule has 0 radical (unpaired) electrons. The van der Waals surface area contributed by atoms with Crippen LogP contribution in [0.2, 0.25) is 0 Å². The van der Waals surface area contributed by atoms with Gasteiger partial charge in [0.2, 0.25) is 5.88 Å². The highest BCUT2D eigenvalue weighted by Gasteiger charge is 2.30. The van der Waals surface area contributed by atoms with Gasteiger partial charge in [0, 0.05) is 24.1 Å². The van der Waals surface area contributed by atoms with Crippen LogP contribution in [0.5, 0.6) is 5.88 Å². The third-order valence-corrected chi connectivity index (χ3v) is 3.31. The van der Waals surface area contributed by atoms with E-state index in [9.17, 15) is 10.1 Å². The molecule has 1 aromatic heterocycles. The summed E-state index contributed by atoms with van der Waals surface area (Å²) in [5, 5.41) is 14.3. The Labute approximate surface area is 113 Å². The average Bonchev–Trinajstić information content (AvgIpc) is 2.37. The molecule has 0 bridgehead atoms. The second-order valence-electron chi connectivity index (χ2n) is 4.86. The van der Waals surface area contributed by atoms with Crippen molar-refractivity contribution in [2.24, 2.45) is 5.92 Å². The zero-order chi connectivity index (χ0) is 14.6. The van der Waals surface area contributed by atoms with E-state index < -0.39 is 0 Å². The summed E-state index contributed by atoms with van der Waals surface area (Å²) < 4.78 is 5.08. The molecule has 0 saturated heterocycles. The van der Waals surface area contributed by atoms with Gasteiger partial charge in [0.1, 0.15) is 5.69 Å². The summed E-state index contributed by atoms with van der Waals surface area (Å²) in [4.78, 5) is 15.1. The second-order valence-corrected chi connectivity index (χ2v) is 4.86. The molecule has 0 aliphatic rings. The van der Waals surface area contributed by atoms with Gasteiger partial charge in [-0.15, -0.1) is 0 Å². The van der Waals surface area contributed by atoms with Gasteiger partial charge in [-0.2, -0.15) is 0 Å². The average molecular weight is 267 g/mol. The molecule has 0 spiro atoms. The number of hydrogen-bond donors (Lipinski definition) is 1. The first-order valence-electron chi connectivity index (χ1n) is 6.29. The lowest BCUT2D eigenvalue weighted by molar-refractivity contribution is -0.386. The number of nitrogens with one attached hydrogen (secondary N) is 1. The van der Waals surface area contributed by atoms with Gasteiger partial charge in [-0.05, 0) is 19.9 Å². The Balaban J connectivity index is 3.37. The van der Waals surface area contributed by atoms with Gasteiger partial charge in [-0.3, -0.25) is 10.1 Å². The molecule has 0 fully saturated rings. The van der Waals surface area contributed by atoms with Crippen molar-refractivity contribution in [3.05, 3.63) is 27.9 Å². The first-order chi connectivity index (χ1) is 8.92. The van der Waals surface area contributed by atoms with Crippen molar-refractivity contribution in [3.8, 4) is 5.88 Å². The van der Waals surface area contributed by atoms with Gasteiger partial charge in [-0.25, -0.2) is 4.98 Å². The fourth-order valence-corrected chi connectivity index (χ4v) is 2.27. The molecule has 1 N–H and O–H groups in total. The number of methoxy groups -OCH3 is 1. The summed E-state index contributed by atoms with van der Waals surface area (Å²) in [6.45, 7) is 6.06. The summed E-state index contributed by atoms with van der Waals surface area (Å²) in [7, 11) is 3.34. The van der Waals surface area contributed by atoms with Crippen LogP contribution in [0.4, 0.5) is 5.69 Å². The van der Waals surface area contributed by atoms with Crippen LogP contribution in [0.1, 0.15) is 32.4 Å². The number of likely N-dealkylation sites (N-methyl/N-ethyl adjacent to an activating group) is 1. The second kappa shape index (κ2) is 6.47. The molecule has 1 aromatic rings. The molecule has 19 heavy (non-hydrogen) atoms. The lowest BCUT2D eigenvalue weighted by Gasteiger charge is -2.26.